The third-order valence-electron chi connectivity index (χ3n) is 2.68. The number of rotatable bonds is 8. The van der Waals surface area contributed by atoms with Crippen molar-refractivity contribution in [2.24, 2.45) is 0 Å². The maximum atomic E-state index is 12.2. The highest BCUT2D eigenvalue weighted by atomic mass is 32.2. The Kier molecular flexibility index (Phi) is 5.74. The van der Waals surface area contributed by atoms with Gasteiger partial charge in [0.05, 0.1) is 4.90 Å². The standard InChI is InChI=1S/C13H18N2O2S3/c1-2-5-14-8-12-7-13(10-19-12)20(16,17)15-9-11-4-3-6-18-11/h3-4,6-7,10,14-15H,2,5,8-9H2,1H3. The summed E-state index contributed by atoms with van der Waals surface area (Å²) >= 11 is 3.01. The van der Waals surface area contributed by atoms with E-state index in [0.29, 0.717) is 11.4 Å². The number of sulfonamides is 1. The van der Waals surface area contributed by atoms with E-state index in [1.54, 1.807) is 22.8 Å². The van der Waals surface area contributed by atoms with Gasteiger partial charge in [0.15, 0.2) is 0 Å². The smallest absolute Gasteiger partial charge is 0.241 e. The first-order valence-electron chi connectivity index (χ1n) is 6.42. The fourth-order valence-electron chi connectivity index (χ4n) is 1.65. The van der Waals surface area contributed by atoms with Crippen molar-refractivity contribution in [3.8, 4) is 0 Å². The van der Waals surface area contributed by atoms with E-state index >= 15 is 0 Å². The number of hydrogen-bond acceptors (Lipinski definition) is 5. The Bertz CT molecular complexity index is 618. The van der Waals surface area contributed by atoms with Crippen molar-refractivity contribution in [3.63, 3.8) is 0 Å². The van der Waals surface area contributed by atoms with Gasteiger partial charge >= 0.3 is 0 Å². The molecular formula is C13H18N2O2S3. The van der Waals surface area contributed by atoms with Crippen LogP contribution in [0.2, 0.25) is 0 Å². The van der Waals surface area contributed by atoms with Gasteiger partial charge in [-0.2, -0.15) is 0 Å². The van der Waals surface area contributed by atoms with Gasteiger partial charge < -0.3 is 5.32 Å². The molecule has 0 aromatic carbocycles. The largest absolute Gasteiger partial charge is 0.312 e. The molecule has 0 atom stereocenters. The normalized spacial score (nSPS) is 11.8. The molecule has 2 aromatic rings. The highest BCUT2D eigenvalue weighted by Gasteiger charge is 2.16. The molecule has 7 heteroatoms. The molecule has 20 heavy (non-hydrogen) atoms. The van der Waals surface area contributed by atoms with Crippen LogP contribution in [0.5, 0.6) is 0 Å². The first kappa shape index (κ1) is 15.7. The molecule has 110 valence electrons. The van der Waals surface area contributed by atoms with Crippen LogP contribution < -0.4 is 10.0 Å². The maximum absolute atomic E-state index is 12.2. The molecule has 0 bridgehead atoms. The quantitative estimate of drug-likeness (QED) is 0.732. The van der Waals surface area contributed by atoms with Crippen LogP contribution in [0.4, 0.5) is 0 Å². The van der Waals surface area contributed by atoms with Crippen molar-refractivity contribution >= 4 is 32.7 Å². The number of nitrogens with one attached hydrogen (secondary N) is 2. The SMILES string of the molecule is CCCNCc1cc(S(=O)(=O)NCc2cccs2)cs1. The molecule has 2 rings (SSSR count). The van der Waals surface area contributed by atoms with E-state index < -0.39 is 10.0 Å². The fraction of sp³-hybridized carbons (Fsp3) is 0.385. The predicted molar refractivity (Wildman–Crippen MR) is 84.7 cm³/mol. The first-order chi connectivity index (χ1) is 9.62. The second-order valence-electron chi connectivity index (χ2n) is 4.33. The summed E-state index contributed by atoms with van der Waals surface area (Å²) in [6.45, 7) is 4.11. The van der Waals surface area contributed by atoms with E-state index in [1.165, 1.54) is 11.3 Å². The molecule has 0 aliphatic rings. The Balaban J connectivity index is 1.95. The van der Waals surface area contributed by atoms with Crippen LogP contribution in [0.25, 0.3) is 0 Å². The molecular weight excluding hydrogens is 312 g/mol. The maximum Gasteiger partial charge on any atom is 0.241 e. The molecule has 0 fully saturated rings. The first-order valence-corrected chi connectivity index (χ1v) is 9.66. The second kappa shape index (κ2) is 7.33. The van der Waals surface area contributed by atoms with Crippen molar-refractivity contribution < 1.29 is 8.42 Å². The summed E-state index contributed by atoms with van der Waals surface area (Å²) in [5.41, 5.74) is 0. The number of thiophene rings is 2. The summed E-state index contributed by atoms with van der Waals surface area (Å²) in [4.78, 5) is 2.40. The van der Waals surface area contributed by atoms with E-state index in [9.17, 15) is 8.42 Å². The summed E-state index contributed by atoms with van der Waals surface area (Å²) in [5.74, 6) is 0. The minimum Gasteiger partial charge on any atom is -0.312 e. The van der Waals surface area contributed by atoms with Crippen LogP contribution in [0.15, 0.2) is 33.9 Å². The molecule has 4 nitrogen and oxygen atoms in total. The lowest BCUT2D eigenvalue weighted by molar-refractivity contribution is 0.582. The van der Waals surface area contributed by atoms with Crippen LogP contribution in [-0.2, 0) is 23.1 Å². The van der Waals surface area contributed by atoms with E-state index in [2.05, 4.69) is 17.0 Å². The fourth-order valence-corrected chi connectivity index (χ4v) is 4.63. The number of hydrogen-bond donors (Lipinski definition) is 2. The molecule has 0 spiro atoms. The van der Waals surface area contributed by atoms with E-state index in [0.717, 1.165) is 29.3 Å². The van der Waals surface area contributed by atoms with Crippen molar-refractivity contribution in [2.45, 2.75) is 31.3 Å². The Morgan fingerprint density at radius 2 is 2.05 bits per heavy atom. The molecule has 2 N–H and O–H groups in total. The lowest BCUT2D eigenvalue weighted by Gasteiger charge is -2.03. The Morgan fingerprint density at radius 1 is 1.20 bits per heavy atom. The summed E-state index contributed by atoms with van der Waals surface area (Å²) in [6.07, 6.45) is 1.07. The topological polar surface area (TPSA) is 58.2 Å². The van der Waals surface area contributed by atoms with Gasteiger partial charge in [-0.3, -0.25) is 0 Å². The molecule has 0 saturated carbocycles. The third-order valence-corrected chi connectivity index (χ3v) is 6.03. The lowest BCUT2D eigenvalue weighted by Crippen LogP contribution is -2.22. The van der Waals surface area contributed by atoms with Crippen LogP contribution in [0, 0.1) is 0 Å². The van der Waals surface area contributed by atoms with Crippen LogP contribution in [-0.4, -0.2) is 15.0 Å². The van der Waals surface area contributed by atoms with Crippen molar-refractivity contribution in [1.29, 1.82) is 0 Å². The van der Waals surface area contributed by atoms with Gasteiger partial charge in [-0.1, -0.05) is 13.0 Å². The average molecular weight is 330 g/mol. The molecule has 0 unspecified atom stereocenters. The minimum atomic E-state index is -3.41. The average Bonchev–Trinajstić information content (AvgIpc) is 3.08. The van der Waals surface area contributed by atoms with Gasteiger partial charge in [0.25, 0.3) is 0 Å². The highest BCUT2D eigenvalue weighted by Crippen LogP contribution is 2.19. The molecule has 0 saturated heterocycles. The highest BCUT2D eigenvalue weighted by molar-refractivity contribution is 7.89. The van der Waals surface area contributed by atoms with Crippen LogP contribution in [0.3, 0.4) is 0 Å². The minimum absolute atomic E-state index is 0.346. The Morgan fingerprint density at radius 3 is 2.75 bits per heavy atom. The van der Waals surface area contributed by atoms with Gasteiger partial charge in [-0.05, 0) is 30.5 Å². The molecule has 0 aliphatic heterocycles. The zero-order valence-corrected chi connectivity index (χ0v) is 13.7. The molecule has 2 heterocycles. The van der Waals surface area contributed by atoms with Gasteiger partial charge in [-0.25, -0.2) is 13.1 Å². The van der Waals surface area contributed by atoms with Crippen molar-refractivity contribution in [1.82, 2.24) is 10.0 Å². The van der Waals surface area contributed by atoms with Gasteiger partial charge in [0.2, 0.25) is 10.0 Å². The zero-order valence-electron chi connectivity index (χ0n) is 11.3. The van der Waals surface area contributed by atoms with Crippen molar-refractivity contribution in [2.75, 3.05) is 6.54 Å². The van der Waals surface area contributed by atoms with Crippen LogP contribution >= 0.6 is 22.7 Å². The van der Waals surface area contributed by atoms with Gasteiger partial charge in [-0.15, -0.1) is 22.7 Å². The lowest BCUT2D eigenvalue weighted by atomic mass is 10.4. The van der Waals surface area contributed by atoms with E-state index in [-0.39, 0.29) is 0 Å². The van der Waals surface area contributed by atoms with E-state index in [1.807, 2.05) is 17.5 Å². The Hall–Kier alpha value is -0.730. The molecule has 0 radical (unpaired) electrons. The Labute approximate surface area is 127 Å². The molecule has 0 amide bonds. The zero-order chi connectivity index (χ0) is 14.4. The molecule has 2 aromatic heterocycles. The predicted octanol–water partition coefficient (Wildman–Crippen LogP) is 2.79. The summed E-state index contributed by atoms with van der Waals surface area (Å²) in [6, 6.07) is 5.57. The summed E-state index contributed by atoms with van der Waals surface area (Å²) in [7, 11) is -3.41. The van der Waals surface area contributed by atoms with Crippen LogP contribution in [0.1, 0.15) is 23.1 Å². The monoisotopic (exact) mass is 330 g/mol. The summed E-state index contributed by atoms with van der Waals surface area (Å²) in [5, 5.41) is 6.90. The van der Waals surface area contributed by atoms with E-state index in [4.69, 9.17) is 0 Å². The van der Waals surface area contributed by atoms with Gasteiger partial charge in [0.1, 0.15) is 0 Å². The summed E-state index contributed by atoms with van der Waals surface area (Å²) < 4.78 is 26.9. The van der Waals surface area contributed by atoms with Gasteiger partial charge in [0, 0.05) is 28.2 Å². The second-order valence-corrected chi connectivity index (χ2v) is 8.12. The molecule has 0 aliphatic carbocycles. The third kappa shape index (κ3) is 4.39. The van der Waals surface area contributed by atoms with Crippen molar-refractivity contribution in [3.05, 3.63) is 38.7 Å².